The summed E-state index contributed by atoms with van der Waals surface area (Å²) < 4.78 is 36.0. The summed E-state index contributed by atoms with van der Waals surface area (Å²) in [7, 11) is -1.18. The van der Waals surface area contributed by atoms with Crippen molar-refractivity contribution in [1.82, 2.24) is 14.8 Å². The van der Waals surface area contributed by atoms with Gasteiger partial charge in [-0.15, -0.1) is 0 Å². The van der Waals surface area contributed by atoms with Crippen LogP contribution >= 0.6 is 23.5 Å². The molecule has 0 heterocycles. The Kier molecular flexibility index (Phi) is 9.16. The summed E-state index contributed by atoms with van der Waals surface area (Å²) in [6.07, 6.45) is 0.353. The number of amides is 2. The second kappa shape index (κ2) is 12.1. The minimum absolute atomic E-state index is 0.0332. The van der Waals surface area contributed by atoms with Crippen molar-refractivity contribution in [3.63, 3.8) is 0 Å². The molecule has 0 aliphatic rings. The van der Waals surface area contributed by atoms with Gasteiger partial charge >= 0.3 is 5.24 Å². The molecular formula is C24H24ClN3O5S2. The van der Waals surface area contributed by atoms with Gasteiger partial charge in [0.1, 0.15) is 5.75 Å². The van der Waals surface area contributed by atoms with Gasteiger partial charge in [0.15, 0.2) is 0 Å². The second-order valence-electron chi connectivity index (χ2n) is 7.25. The molecule has 2 amide bonds. The van der Waals surface area contributed by atoms with E-state index in [1.54, 1.807) is 48.5 Å². The van der Waals surface area contributed by atoms with Gasteiger partial charge in [0, 0.05) is 29.1 Å². The zero-order chi connectivity index (χ0) is 25.4. The maximum Gasteiger partial charge on any atom is 0.307 e. The lowest BCUT2D eigenvalue weighted by Gasteiger charge is -2.14. The molecule has 3 N–H and O–H groups in total. The van der Waals surface area contributed by atoms with Crippen LogP contribution in [0, 0.1) is 0 Å². The predicted molar refractivity (Wildman–Crippen MR) is 138 cm³/mol. The summed E-state index contributed by atoms with van der Waals surface area (Å²) in [5.74, 6) is 0.0251. The SMILES string of the molecule is CNSC(=O)NS(=O)(=O)c1cc(CCNC(=O)c2cc(Cl)ccc2OC)ccc1-c1ccccc1. The van der Waals surface area contributed by atoms with Crippen molar-refractivity contribution in [2.24, 2.45) is 0 Å². The van der Waals surface area contributed by atoms with Crippen LogP contribution in [0.25, 0.3) is 11.1 Å². The molecule has 0 saturated carbocycles. The largest absolute Gasteiger partial charge is 0.496 e. The van der Waals surface area contributed by atoms with Crippen molar-refractivity contribution in [2.75, 3.05) is 20.7 Å². The minimum atomic E-state index is -4.16. The van der Waals surface area contributed by atoms with Crippen molar-refractivity contribution in [2.45, 2.75) is 11.3 Å². The fraction of sp³-hybridized carbons (Fsp3) is 0.167. The van der Waals surface area contributed by atoms with Crippen LogP contribution in [-0.4, -0.2) is 40.3 Å². The monoisotopic (exact) mass is 533 g/mol. The van der Waals surface area contributed by atoms with E-state index in [1.807, 2.05) is 6.07 Å². The molecule has 0 fully saturated rings. The third-order valence-corrected chi connectivity index (χ3v) is 7.16. The fourth-order valence-corrected chi connectivity index (χ4v) is 5.32. The average molecular weight is 534 g/mol. The third kappa shape index (κ3) is 6.98. The summed E-state index contributed by atoms with van der Waals surface area (Å²) in [6.45, 7) is 0.237. The second-order valence-corrected chi connectivity index (χ2v) is 10.3. The minimum Gasteiger partial charge on any atom is -0.496 e. The maximum atomic E-state index is 13.1. The summed E-state index contributed by atoms with van der Waals surface area (Å²) in [5.41, 5.74) is 2.11. The van der Waals surface area contributed by atoms with Crippen LogP contribution in [-0.2, 0) is 16.4 Å². The Bertz CT molecular complexity index is 1320. The van der Waals surface area contributed by atoms with Crippen LogP contribution in [0.5, 0.6) is 5.75 Å². The molecule has 0 spiro atoms. The van der Waals surface area contributed by atoms with Crippen molar-refractivity contribution in [3.8, 4) is 16.9 Å². The Balaban J connectivity index is 1.83. The molecule has 0 aliphatic heterocycles. The van der Waals surface area contributed by atoms with E-state index in [0.29, 0.717) is 51.4 Å². The zero-order valence-corrected chi connectivity index (χ0v) is 21.4. The highest BCUT2D eigenvalue weighted by Crippen LogP contribution is 2.29. The molecule has 3 aromatic carbocycles. The number of ether oxygens (including phenoxy) is 1. The van der Waals surface area contributed by atoms with Crippen molar-refractivity contribution < 1.29 is 22.7 Å². The molecule has 0 aromatic heterocycles. The topological polar surface area (TPSA) is 114 Å². The van der Waals surface area contributed by atoms with Crippen LogP contribution in [0.3, 0.4) is 0 Å². The predicted octanol–water partition coefficient (Wildman–Crippen LogP) is 4.25. The van der Waals surface area contributed by atoms with Crippen molar-refractivity contribution in [3.05, 3.63) is 82.9 Å². The number of halogens is 1. The molecule has 8 nitrogen and oxygen atoms in total. The lowest BCUT2D eigenvalue weighted by molar-refractivity contribution is 0.0951. The van der Waals surface area contributed by atoms with Gasteiger partial charge in [-0.2, -0.15) is 0 Å². The normalized spacial score (nSPS) is 11.1. The number of methoxy groups -OCH3 is 1. The van der Waals surface area contributed by atoms with Crippen LogP contribution in [0.1, 0.15) is 15.9 Å². The molecule has 0 unspecified atom stereocenters. The number of carbonyl (C=O) groups is 2. The highest BCUT2D eigenvalue weighted by Gasteiger charge is 2.23. The highest BCUT2D eigenvalue weighted by molar-refractivity contribution is 8.13. The first-order valence-electron chi connectivity index (χ1n) is 10.5. The zero-order valence-electron chi connectivity index (χ0n) is 19.0. The van der Waals surface area contributed by atoms with Gasteiger partial charge in [0.25, 0.3) is 15.9 Å². The quantitative estimate of drug-likeness (QED) is 0.352. The third-order valence-electron chi connectivity index (χ3n) is 4.94. The summed E-state index contributed by atoms with van der Waals surface area (Å²) in [5, 5.41) is 2.45. The van der Waals surface area contributed by atoms with Gasteiger partial charge in [-0.3, -0.25) is 14.3 Å². The van der Waals surface area contributed by atoms with E-state index in [9.17, 15) is 18.0 Å². The van der Waals surface area contributed by atoms with E-state index >= 15 is 0 Å². The van der Waals surface area contributed by atoms with Gasteiger partial charge in [-0.05, 0) is 48.9 Å². The molecule has 11 heteroatoms. The van der Waals surface area contributed by atoms with E-state index in [2.05, 4.69) is 14.8 Å². The Morgan fingerprint density at radius 1 is 1.03 bits per heavy atom. The summed E-state index contributed by atoms with van der Waals surface area (Å²) in [4.78, 5) is 24.5. The molecular weight excluding hydrogens is 510 g/mol. The number of hydrogen-bond donors (Lipinski definition) is 3. The number of hydrogen-bond acceptors (Lipinski definition) is 7. The molecule has 0 radical (unpaired) electrons. The Morgan fingerprint density at radius 2 is 1.77 bits per heavy atom. The molecule has 184 valence electrons. The lowest BCUT2D eigenvalue weighted by Crippen LogP contribution is -2.29. The average Bonchev–Trinajstić information content (AvgIpc) is 2.84. The van der Waals surface area contributed by atoms with Crippen LogP contribution in [0.15, 0.2) is 71.6 Å². The first-order chi connectivity index (χ1) is 16.7. The van der Waals surface area contributed by atoms with E-state index in [4.69, 9.17) is 16.3 Å². The lowest BCUT2D eigenvalue weighted by atomic mass is 10.0. The van der Waals surface area contributed by atoms with Crippen LogP contribution < -0.4 is 19.5 Å². The van der Waals surface area contributed by atoms with Crippen molar-refractivity contribution >= 4 is 44.7 Å². The Labute approximate surface area is 213 Å². The molecule has 3 rings (SSSR count). The summed E-state index contributed by atoms with van der Waals surface area (Å²) in [6, 6.07) is 18.7. The van der Waals surface area contributed by atoms with E-state index < -0.39 is 15.3 Å². The van der Waals surface area contributed by atoms with Crippen molar-refractivity contribution in [1.29, 1.82) is 0 Å². The van der Waals surface area contributed by atoms with Gasteiger partial charge in [0.2, 0.25) is 0 Å². The van der Waals surface area contributed by atoms with Gasteiger partial charge < -0.3 is 10.1 Å². The van der Waals surface area contributed by atoms with E-state index in [1.165, 1.54) is 26.3 Å². The van der Waals surface area contributed by atoms with Gasteiger partial charge in [-0.25, -0.2) is 13.1 Å². The Hall–Kier alpha value is -3.05. The number of rotatable bonds is 9. The maximum absolute atomic E-state index is 13.1. The molecule has 0 aliphatic carbocycles. The number of nitrogens with one attached hydrogen (secondary N) is 3. The number of sulfonamides is 1. The van der Waals surface area contributed by atoms with Gasteiger partial charge in [0.05, 0.1) is 17.6 Å². The molecule has 0 bridgehead atoms. The first-order valence-corrected chi connectivity index (χ1v) is 13.1. The molecule has 3 aromatic rings. The van der Waals surface area contributed by atoms with Crippen LogP contribution in [0.4, 0.5) is 4.79 Å². The van der Waals surface area contributed by atoms with Gasteiger partial charge in [-0.1, -0.05) is 54.1 Å². The molecule has 0 atom stereocenters. The van der Waals surface area contributed by atoms with Crippen LogP contribution in [0.2, 0.25) is 5.02 Å². The summed E-state index contributed by atoms with van der Waals surface area (Å²) >= 11 is 6.63. The number of benzene rings is 3. The number of carbonyl (C=O) groups excluding carboxylic acids is 2. The molecule has 0 saturated heterocycles. The fourth-order valence-electron chi connectivity index (χ4n) is 3.35. The van der Waals surface area contributed by atoms with E-state index in [0.717, 1.165) is 0 Å². The van der Waals surface area contributed by atoms with E-state index in [-0.39, 0.29) is 17.3 Å². The standard InChI is InChI=1S/C24H24ClN3O5S2/c1-26-34-24(30)28-35(31,32)22-14-16(8-10-19(22)17-6-4-3-5-7-17)12-13-27-23(29)20-15-18(25)9-11-21(20)33-2/h3-11,14-15,26H,12-13H2,1-2H3,(H,27,29)(H,28,30). The first kappa shape index (κ1) is 26.6. The Morgan fingerprint density at radius 3 is 2.46 bits per heavy atom. The highest BCUT2D eigenvalue weighted by atomic mass is 35.5. The molecule has 35 heavy (non-hydrogen) atoms. The smallest absolute Gasteiger partial charge is 0.307 e.